The normalized spacial score (nSPS) is 25.7. The summed E-state index contributed by atoms with van der Waals surface area (Å²) in [4.78, 5) is 27.5. The highest BCUT2D eigenvalue weighted by molar-refractivity contribution is 5.97. The average Bonchev–Trinajstić information content (AvgIpc) is 3.25. The number of para-hydroxylation sites is 1. The van der Waals surface area contributed by atoms with Crippen molar-refractivity contribution in [3.63, 3.8) is 0 Å². The highest BCUT2D eigenvalue weighted by Crippen LogP contribution is 2.33. The third-order valence-electron chi connectivity index (χ3n) is 4.41. The summed E-state index contributed by atoms with van der Waals surface area (Å²) in [6, 6.07) is 7.17. The molecule has 1 saturated carbocycles. The predicted molar refractivity (Wildman–Crippen MR) is 78.6 cm³/mol. The maximum Gasteiger partial charge on any atom is 0.243 e. The summed E-state index contributed by atoms with van der Waals surface area (Å²) < 4.78 is 0. The molecule has 3 N–H and O–H groups in total. The van der Waals surface area contributed by atoms with Gasteiger partial charge in [-0.25, -0.2) is 0 Å². The number of hydrogen-bond donors (Lipinski definition) is 3. The molecule has 1 aliphatic carbocycles. The highest BCUT2D eigenvalue weighted by Gasteiger charge is 2.42. The molecule has 4 rings (SSSR count). The van der Waals surface area contributed by atoms with Crippen LogP contribution in [0.5, 0.6) is 0 Å². The van der Waals surface area contributed by atoms with Crippen LogP contribution in [0.2, 0.25) is 0 Å². The van der Waals surface area contributed by atoms with Gasteiger partial charge in [-0.1, -0.05) is 18.2 Å². The molecule has 0 unspecified atom stereocenters. The Bertz CT molecular complexity index is 717. The zero-order valence-electron chi connectivity index (χ0n) is 11.6. The molecule has 2 heterocycles. The van der Waals surface area contributed by atoms with E-state index in [-0.39, 0.29) is 17.9 Å². The van der Waals surface area contributed by atoms with Gasteiger partial charge in [0.1, 0.15) is 12.1 Å². The average molecular weight is 283 g/mol. The molecule has 2 atom stereocenters. The molecule has 0 radical (unpaired) electrons. The van der Waals surface area contributed by atoms with Gasteiger partial charge in [-0.2, -0.15) is 0 Å². The van der Waals surface area contributed by atoms with Gasteiger partial charge >= 0.3 is 0 Å². The molecule has 0 spiro atoms. The molecular weight excluding hydrogens is 266 g/mol. The predicted octanol–water partition coefficient (Wildman–Crippen LogP) is 1.10. The first-order chi connectivity index (χ1) is 10.2. The van der Waals surface area contributed by atoms with Crippen LogP contribution < -0.4 is 10.6 Å². The Hall–Kier alpha value is -2.30. The molecule has 5 heteroatoms. The van der Waals surface area contributed by atoms with Crippen molar-refractivity contribution in [3.8, 4) is 0 Å². The Kier molecular flexibility index (Phi) is 2.74. The second-order valence-electron chi connectivity index (χ2n) is 5.95. The summed E-state index contributed by atoms with van der Waals surface area (Å²) in [7, 11) is 0. The molecule has 0 bridgehead atoms. The zero-order chi connectivity index (χ0) is 14.4. The van der Waals surface area contributed by atoms with E-state index in [1.807, 2.05) is 30.5 Å². The molecule has 5 nitrogen and oxygen atoms in total. The van der Waals surface area contributed by atoms with Gasteiger partial charge in [0.05, 0.1) is 0 Å². The van der Waals surface area contributed by atoms with Crippen molar-refractivity contribution in [2.45, 2.75) is 31.3 Å². The number of hydrogen-bond acceptors (Lipinski definition) is 2. The Morgan fingerprint density at radius 1 is 1.05 bits per heavy atom. The Morgan fingerprint density at radius 2 is 1.86 bits per heavy atom. The van der Waals surface area contributed by atoms with E-state index < -0.39 is 6.04 Å². The van der Waals surface area contributed by atoms with Gasteiger partial charge in [-0.3, -0.25) is 9.59 Å². The SMILES string of the molecule is O=C1N[C@H](Cc2c[nH]c3ccccc23)C(=O)N[C@H]1C1CC1. The molecule has 1 aromatic carbocycles. The second kappa shape index (κ2) is 4.62. The van der Waals surface area contributed by atoms with E-state index in [0.717, 1.165) is 29.3 Å². The van der Waals surface area contributed by atoms with Gasteiger partial charge in [0.15, 0.2) is 0 Å². The van der Waals surface area contributed by atoms with E-state index in [9.17, 15) is 9.59 Å². The van der Waals surface area contributed by atoms with Gasteiger partial charge < -0.3 is 15.6 Å². The summed E-state index contributed by atoms with van der Waals surface area (Å²) in [6.45, 7) is 0. The lowest BCUT2D eigenvalue weighted by atomic mass is 10.00. The fraction of sp³-hybridized carbons (Fsp3) is 0.375. The van der Waals surface area contributed by atoms with Crippen LogP contribution in [0.3, 0.4) is 0 Å². The second-order valence-corrected chi connectivity index (χ2v) is 5.95. The van der Waals surface area contributed by atoms with Crippen LogP contribution in [0, 0.1) is 5.92 Å². The standard InChI is InChI=1S/C16H17N3O2/c20-15-13(18-16(21)14(19-15)9-5-6-9)7-10-8-17-12-4-2-1-3-11(10)12/h1-4,8-9,13-14,17H,5-7H2,(H,18,21)(H,19,20)/t13-,14+/m1/s1. The summed E-state index contributed by atoms with van der Waals surface area (Å²) >= 11 is 0. The lowest BCUT2D eigenvalue weighted by Crippen LogP contribution is -2.62. The van der Waals surface area contributed by atoms with E-state index in [0.29, 0.717) is 12.3 Å². The minimum atomic E-state index is -0.480. The van der Waals surface area contributed by atoms with E-state index in [2.05, 4.69) is 15.6 Å². The van der Waals surface area contributed by atoms with Crippen molar-refractivity contribution >= 4 is 22.7 Å². The molecule has 2 aliphatic rings. The summed E-state index contributed by atoms with van der Waals surface area (Å²) in [5.74, 6) is 0.224. The van der Waals surface area contributed by atoms with Gasteiger partial charge in [0.2, 0.25) is 11.8 Å². The fourth-order valence-electron chi connectivity index (χ4n) is 3.07. The number of fused-ring (bicyclic) bond motifs is 1. The van der Waals surface area contributed by atoms with E-state index in [1.54, 1.807) is 0 Å². The first-order valence-electron chi connectivity index (χ1n) is 7.38. The number of amides is 2. The van der Waals surface area contributed by atoms with Crippen LogP contribution in [0.15, 0.2) is 30.5 Å². The molecule has 1 aromatic heterocycles. The number of aromatic nitrogens is 1. The Labute approximate surface area is 122 Å². The third kappa shape index (κ3) is 2.18. The topological polar surface area (TPSA) is 74.0 Å². The quantitative estimate of drug-likeness (QED) is 0.789. The number of piperazine rings is 1. The number of H-pyrrole nitrogens is 1. The van der Waals surface area contributed by atoms with Crippen molar-refractivity contribution in [1.82, 2.24) is 15.6 Å². The van der Waals surface area contributed by atoms with Crippen molar-refractivity contribution in [3.05, 3.63) is 36.0 Å². The molecule has 1 saturated heterocycles. The Morgan fingerprint density at radius 3 is 2.67 bits per heavy atom. The minimum absolute atomic E-state index is 0.0399. The minimum Gasteiger partial charge on any atom is -0.361 e. The first kappa shape index (κ1) is 12.4. The van der Waals surface area contributed by atoms with Crippen molar-refractivity contribution in [2.24, 2.45) is 5.92 Å². The van der Waals surface area contributed by atoms with Crippen molar-refractivity contribution in [1.29, 1.82) is 0 Å². The lowest BCUT2D eigenvalue weighted by Gasteiger charge is -2.29. The van der Waals surface area contributed by atoms with Crippen LogP contribution in [0.4, 0.5) is 0 Å². The van der Waals surface area contributed by atoms with Crippen LogP contribution in [0.1, 0.15) is 18.4 Å². The number of carbonyl (C=O) groups is 2. The molecule has 2 aromatic rings. The van der Waals surface area contributed by atoms with Gasteiger partial charge in [0.25, 0.3) is 0 Å². The maximum absolute atomic E-state index is 12.2. The van der Waals surface area contributed by atoms with Crippen molar-refractivity contribution in [2.75, 3.05) is 0 Å². The maximum atomic E-state index is 12.2. The third-order valence-corrected chi connectivity index (χ3v) is 4.41. The molecule has 21 heavy (non-hydrogen) atoms. The molecule has 2 amide bonds. The van der Waals surface area contributed by atoms with Crippen LogP contribution >= 0.6 is 0 Å². The van der Waals surface area contributed by atoms with Crippen LogP contribution in [-0.4, -0.2) is 28.9 Å². The van der Waals surface area contributed by atoms with Crippen LogP contribution in [0.25, 0.3) is 10.9 Å². The summed E-state index contributed by atoms with van der Waals surface area (Å²) in [6.07, 6.45) is 4.49. The molecular formula is C16H17N3O2. The molecule has 1 aliphatic heterocycles. The van der Waals surface area contributed by atoms with E-state index in [1.165, 1.54) is 0 Å². The number of rotatable bonds is 3. The smallest absolute Gasteiger partial charge is 0.243 e. The summed E-state index contributed by atoms with van der Waals surface area (Å²) in [5.41, 5.74) is 2.10. The van der Waals surface area contributed by atoms with Gasteiger partial charge in [0, 0.05) is 23.5 Å². The largest absolute Gasteiger partial charge is 0.361 e. The fourth-order valence-corrected chi connectivity index (χ4v) is 3.07. The molecule has 2 fully saturated rings. The number of benzene rings is 1. The number of aromatic amines is 1. The highest BCUT2D eigenvalue weighted by atomic mass is 16.2. The van der Waals surface area contributed by atoms with E-state index in [4.69, 9.17) is 0 Å². The molecule has 108 valence electrons. The number of carbonyl (C=O) groups excluding carboxylic acids is 2. The van der Waals surface area contributed by atoms with Crippen molar-refractivity contribution < 1.29 is 9.59 Å². The van der Waals surface area contributed by atoms with E-state index >= 15 is 0 Å². The summed E-state index contributed by atoms with van der Waals surface area (Å²) in [5, 5.41) is 6.85. The first-order valence-corrected chi connectivity index (χ1v) is 7.38. The Balaban J connectivity index is 1.54. The zero-order valence-corrected chi connectivity index (χ0v) is 11.6. The van der Waals surface area contributed by atoms with Gasteiger partial charge in [-0.05, 0) is 30.4 Å². The monoisotopic (exact) mass is 283 g/mol. The lowest BCUT2D eigenvalue weighted by molar-refractivity contribution is -0.137. The van der Waals surface area contributed by atoms with Crippen LogP contribution in [-0.2, 0) is 16.0 Å². The van der Waals surface area contributed by atoms with Gasteiger partial charge in [-0.15, -0.1) is 0 Å². The number of nitrogens with one attached hydrogen (secondary N) is 3.